The highest BCUT2D eigenvalue weighted by Crippen LogP contribution is 2.22. The first-order chi connectivity index (χ1) is 9.04. The van der Waals surface area contributed by atoms with Gasteiger partial charge in [-0.2, -0.15) is 0 Å². The highest BCUT2D eigenvalue weighted by molar-refractivity contribution is 5.84. The molecule has 1 atom stereocenters. The van der Waals surface area contributed by atoms with Gasteiger partial charge in [-0.1, -0.05) is 6.07 Å². The second-order valence-corrected chi connectivity index (χ2v) is 3.97. The normalized spacial score (nSPS) is 12.2. The fraction of sp³-hybridized carbons (Fsp3) is 0.250. The predicted molar refractivity (Wildman–Crippen MR) is 65.3 cm³/mol. The van der Waals surface area contributed by atoms with Crippen molar-refractivity contribution >= 4 is 5.97 Å². The maximum Gasteiger partial charge on any atom is 0.377 e. The Balaban J connectivity index is 2.50. The van der Waals surface area contributed by atoms with Crippen LogP contribution in [0, 0.1) is 5.82 Å². The summed E-state index contributed by atoms with van der Waals surface area (Å²) in [7, 11) is 1.23. The summed E-state index contributed by atoms with van der Waals surface area (Å²) in [5.41, 5.74) is 6.50. The van der Waals surface area contributed by atoms with Crippen LogP contribution in [0.25, 0.3) is 5.69 Å². The summed E-state index contributed by atoms with van der Waals surface area (Å²) in [6.45, 7) is 1.67. The third-order valence-corrected chi connectivity index (χ3v) is 2.59. The van der Waals surface area contributed by atoms with E-state index in [4.69, 9.17) is 5.73 Å². The van der Waals surface area contributed by atoms with Gasteiger partial charge in [-0.3, -0.25) is 0 Å². The second-order valence-electron chi connectivity index (χ2n) is 3.97. The van der Waals surface area contributed by atoms with Gasteiger partial charge in [0.2, 0.25) is 0 Å². The number of nitrogens with two attached hydrogens (primary N) is 1. The number of rotatable bonds is 3. The summed E-state index contributed by atoms with van der Waals surface area (Å²) in [5, 5.41) is 3.94. The minimum absolute atomic E-state index is 0.0950. The zero-order valence-corrected chi connectivity index (χ0v) is 10.5. The quantitative estimate of drug-likeness (QED) is 0.842. The molecular formula is C12H13FN4O2. The summed E-state index contributed by atoms with van der Waals surface area (Å²) in [5.74, 6) is -1.18. The number of benzene rings is 1. The Morgan fingerprint density at radius 3 is 2.89 bits per heavy atom. The molecule has 0 aliphatic rings. The lowest BCUT2D eigenvalue weighted by Gasteiger charge is -2.12. The number of carbonyl (C=O) groups is 1. The molecule has 0 saturated carbocycles. The van der Waals surface area contributed by atoms with Crippen molar-refractivity contribution in [3.05, 3.63) is 41.7 Å². The van der Waals surface area contributed by atoms with Crippen LogP contribution >= 0.6 is 0 Å². The van der Waals surface area contributed by atoms with E-state index < -0.39 is 17.8 Å². The number of hydrogen-bond donors (Lipinski definition) is 1. The monoisotopic (exact) mass is 264 g/mol. The molecule has 0 bridgehead atoms. The van der Waals surface area contributed by atoms with Crippen LogP contribution in [0.4, 0.5) is 4.39 Å². The Hall–Kier alpha value is -2.28. The Morgan fingerprint density at radius 2 is 2.26 bits per heavy atom. The molecular weight excluding hydrogens is 251 g/mol. The van der Waals surface area contributed by atoms with Crippen LogP contribution in [0.3, 0.4) is 0 Å². The van der Waals surface area contributed by atoms with Crippen molar-refractivity contribution in [1.82, 2.24) is 14.8 Å². The fourth-order valence-corrected chi connectivity index (χ4v) is 1.74. The average Bonchev–Trinajstić information content (AvgIpc) is 2.86. The molecule has 0 saturated heterocycles. The minimum atomic E-state index is -0.655. The molecule has 2 rings (SSSR count). The van der Waals surface area contributed by atoms with Crippen LogP contribution < -0.4 is 5.73 Å². The van der Waals surface area contributed by atoms with E-state index >= 15 is 0 Å². The van der Waals surface area contributed by atoms with E-state index in [9.17, 15) is 9.18 Å². The lowest BCUT2D eigenvalue weighted by molar-refractivity contribution is 0.0587. The smallest absolute Gasteiger partial charge is 0.377 e. The fourth-order valence-electron chi connectivity index (χ4n) is 1.74. The van der Waals surface area contributed by atoms with Gasteiger partial charge >= 0.3 is 5.97 Å². The van der Waals surface area contributed by atoms with Gasteiger partial charge in [0.15, 0.2) is 0 Å². The number of esters is 1. The summed E-state index contributed by atoms with van der Waals surface area (Å²) >= 11 is 0. The first-order valence-electron chi connectivity index (χ1n) is 5.59. The molecule has 19 heavy (non-hydrogen) atoms. The molecule has 2 N–H and O–H groups in total. The molecule has 1 aromatic heterocycles. The molecule has 0 aliphatic heterocycles. The predicted octanol–water partition coefficient (Wildman–Crippen LogP) is 1.21. The number of halogens is 1. The Labute approximate surface area is 109 Å². The lowest BCUT2D eigenvalue weighted by atomic mass is 10.1. The number of carbonyl (C=O) groups excluding carboxylic acids is 1. The maximum absolute atomic E-state index is 13.8. The van der Waals surface area contributed by atoms with Gasteiger partial charge in [0.1, 0.15) is 12.1 Å². The SMILES string of the molecule is COC(=O)c1ncn(-c2cccc(F)c2[C@H](C)N)n1. The third-order valence-electron chi connectivity index (χ3n) is 2.59. The number of ether oxygens (including phenoxy) is 1. The van der Waals surface area contributed by atoms with Gasteiger partial charge in [0.25, 0.3) is 5.82 Å². The molecule has 0 unspecified atom stereocenters. The zero-order valence-electron chi connectivity index (χ0n) is 10.5. The van der Waals surface area contributed by atoms with E-state index in [1.807, 2.05) is 0 Å². The zero-order chi connectivity index (χ0) is 14.0. The Morgan fingerprint density at radius 1 is 1.53 bits per heavy atom. The molecule has 0 spiro atoms. The van der Waals surface area contributed by atoms with Gasteiger partial charge in [0, 0.05) is 11.6 Å². The molecule has 1 heterocycles. The van der Waals surface area contributed by atoms with Gasteiger partial charge in [-0.15, -0.1) is 5.10 Å². The highest BCUT2D eigenvalue weighted by Gasteiger charge is 2.17. The standard InChI is InChI=1S/C12H13FN4O2/c1-7(14)10-8(13)4-3-5-9(10)17-6-15-11(16-17)12(18)19-2/h3-7H,14H2,1-2H3/t7-/m0/s1. The summed E-state index contributed by atoms with van der Waals surface area (Å²) in [6.07, 6.45) is 1.31. The van der Waals surface area contributed by atoms with Crippen molar-refractivity contribution in [2.45, 2.75) is 13.0 Å². The highest BCUT2D eigenvalue weighted by atomic mass is 19.1. The second kappa shape index (κ2) is 5.15. The third kappa shape index (κ3) is 2.45. The lowest BCUT2D eigenvalue weighted by Crippen LogP contribution is -2.13. The molecule has 0 amide bonds. The number of methoxy groups -OCH3 is 1. The van der Waals surface area contributed by atoms with Crippen molar-refractivity contribution in [2.24, 2.45) is 5.73 Å². The molecule has 0 fully saturated rings. The van der Waals surface area contributed by atoms with Crippen molar-refractivity contribution < 1.29 is 13.9 Å². The van der Waals surface area contributed by atoms with Crippen LogP contribution in [-0.4, -0.2) is 27.8 Å². The first kappa shape index (κ1) is 13.2. The first-order valence-corrected chi connectivity index (χ1v) is 5.59. The van der Waals surface area contributed by atoms with E-state index in [0.717, 1.165) is 0 Å². The van der Waals surface area contributed by atoms with Crippen LogP contribution in [0.15, 0.2) is 24.5 Å². The largest absolute Gasteiger partial charge is 0.463 e. The van der Waals surface area contributed by atoms with E-state index in [2.05, 4.69) is 14.8 Å². The molecule has 7 heteroatoms. The van der Waals surface area contributed by atoms with E-state index in [-0.39, 0.29) is 5.82 Å². The van der Waals surface area contributed by atoms with Crippen molar-refractivity contribution in [1.29, 1.82) is 0 Å². The number of hydrogen-bond acceptors (Lipinski definition) is 5. The number of aromatic nitrogens is 3. The van der Waals surface area contributed by atoms with Crippen molar-refractivity contribution in [2.75, 3.05) is 7.11 Å². The summed E-state index contributed by atoms with van der Waals surface area (Å²) in [4.78, 5) is 15.1. The van der Waals surface area contributed by atoms with Crippen LogP contribution in [0.5, 0.6) is 0 Å². The van der Waals surface area contributed by atoms with Gasteiger partial charge in [-0.05, 0) is 19.1 Å². The Bertz CT molecular complexity index is 610. The van der Waals surface area contributed by atoms with Crippen LogP contribution in [-0.2, 0) is 4.74 Å². The van der Waals surface area contributed by atoms with Gasteiger partial charge in [-0.25, -0.2) is 18.9 Å². The maximum atomic E-state index is 13.8. The molecule has 2 aromatic rings. The minimum Gasteiger partial charge on any atom is -0.463 e. The number of nitrogens with zero attached hydrogens (tertiary/aromatic N) is 3. The topological polar surface area (TPSA) is 83.0 Å². The molecule has 100 valence electrons. The molecule has 6 nitrogen and oxygen atoms in total. The van der Waals surface area contributed by atoms with Crippen molar-refractivity contribution in [3.8, 4) is 5.69 Å². The Kier molecular flexibility index (Phi) is 3.57. The van der Waals surface area contributed by atoms with E-state index in [1.165, 1.54) is 30.3 Å². The molecule has 0 aliphatic carbocycles. The average molecular weight is 264 g/mol. The summed E-state index contributed by atoms with van der Waals surface area (Å²) in [6, 6.07) is 4.00. The van der Waals surface area contributed by atoms with E-state index in [0.29, 0.717) is 11.3 Å². The van der Waals surface area contributed by atoms with Gasteiger partial charge < -0.3 is 10.5 Å². The van der Waals surface area contributed by atoms with Gasteiger partial charge in [0.05, 0.1) is 12.8 Å². The summed E-state index contributed by atoms with van der Waals surface area (Å²) < 4.78 is 19.6. The van der Waals surface area contributed by atoms with E-state index in [1.54, 1.807) is 13.0 Å². The van der Waals surface area contributed by atoms with Crippen LogP contribution in [0.2, 0.25) is 0 Å². The van der Waals surface area contributed by atoms with Crippen LogP contribution in [0.1, 0.15) is 29.1 Å². The van der Waals surface area contributed by atoms with Crippen molar-refractivity contribution in [3.63, 3.8) is 0 Å². The molecule has 0 radical (unpaired) electrons. The molecule has 1 aromatic carbocycles.